The second kappa shape index (κ2) is 10.7. The fourth-order valence-electron chi connectivity index (χ4n) is 2.68. The Hall–Kier alpha value is -3.75. The summed E-state index contributed by atoms with van der Waals surface area (Å²) in [7, 11) is 4.44. The number of carbonyl (C=O) groups is 3. The fourth-order valence-corrected chi connectivity index (χ4v) is 2.68. The number of nitrogens with one attached hydrogen (secondary N) is 2. The molecule has 2 aromatic carbocycles. The minimum absolute atomic E-state index is 0.0813. The zero-order chi connectivity index (χ0) is 22.1. The van der Waals surface area contributed by atoms with Crippen LogP contribution < -0.4 is 24.8 Å². The van der Waals surface area contributed by atoms with E-state index < -0.39 is 18.5 Å². The van der Waals surface area contributed by atoms with Crippen LogP contribution in [-0.2, 0) is 25.5 Å². The van der Waals surface area contributed by atoms with Crippen LogP contribution in [-0.4, -0.2) is 45.7 Å². The average Bonchev–Trinajstić information content (AvgIpc) is 2.71. The van der Waals surface area contributed by atoms with Crippen molar-refractivity contribution in [3.63, 3.8) is 0 Å². The lowest BCUT2D eigenvalue weighted by Gasteiger charge is -2.14. The fraction of sp³-hybridized carbons (Fsp3) is 0.286. The van der Waals surface area contributed by atoms with Crippen molar-refractivity contribution in [1.82, 2.24) is 0 Å². The quantitative estimate of drug-likeness (QED) is 0.604. The van der Waals surface area contributed by atoms with Crippen LogP contribution in [0, 0.1) is 0 Å². The van der Waals surface area contributed by atoms with Crippen LogP contribution in [0.15, 0.2) is 36.4 Å². The van der Waals surface area contributed by atoms with Gasteiger partial charge in [-0.1, -0.05) is 6.07 Å². The molecule has 2 aromatic rings. The molecule has 0 aromatic heterocycles. The van der Waals surface area contributed by atoms with Crippen molar-refractivity contribution in [2.45, 2.75) is 13.3 Å². The Balaban J connectivity index is 1.93. The van der Waals surface area contributed by atoms with Crippen molar-refractivity contribution in [2.75, 3.05) is 38.6 Å². The molecule has 2 rings (SSSR count). The highest BCUT2D eigenvalue weighted by atomic mass is 16.5. The molecule has 0 aliphatic rings. The van der Waals surface area contributed by atoms with E-state index >= 15 is 0 Å². The van der Waals surface area contributed by atoms with Gasteiger partial charge in [0, 0.05) is 18.3 Å². The van der Waals surface area contributed by atoms with Crippen LogP contribution in [0.5, 0.6) is 17.2 Å². The van der Waals surface area contributed by atoms with Gasteiger partial charge in [0.1, 0.15) is 0 Å². The normalized spacial score (nSPS) is 10.0. The highest BCUT2D eigenvalue weighted by Crippen LogP contribution is 2.38. The molecule has 0 spiro atoms. The molecule has 160 valence electrons. The van der Waals surface area contributed by atoms with Gasteiger partial charge in [0.25, 0.3) is 5.91 Å². The lowest BCUT2D eigenvalue weighted by Crippen LogP contribution is -2.21. The summed E-state index contributed by atoms with van der Waals surface area (Å²) in [6.45, 7) is 0.937. The number of methoxy groups -OCH3 is 3. The predicted octanol–water partition coefficient (Wildman–Crippen LogP) is 2.40. The molecule has 0 radical (unpaired) electrons. The number of carbonyl (C=O) groups excluding carboxylic acids is 3. The van der Waals surface area contributed by atoms with Gasteiger partial charge in [-0.05, 0) is 35.9 Å². The summed E-state index contributed by atoms with van der Waals surface area (Å²) in [6.07, 6.45) is -0.0813. The van der Waals surface area contributed by atoms with Crippen molar-refractivity contribution in [3.8, 4) is 17.2 Å². The topological polar surface area (TPSA) is 112 Å². The van der Waals surface area contributed by atoms with E-state index in [1.54, 1.807) is 36.4 Å². The van der Waals surface area contributed by atoms with Gasteiger partial charge < -0.3 is 29.6 Å². The maximum atomic E-state index is 12.1. The van der Waals surface area contributed by atoms with Crippen LogP contribution in [0.25, 0.3) is 0 Å². The number of hydrogen-bond donors (Lipinski definition) is 2. The number of benzene rings is 2. The Morgan fingerprint density at radius 3 is 2.00 bits per heavy atom. The molecular weight excluding hydrogens is 392 g/mol. The highest BCUT2D eigenvalue weighted by Gasteiger charge is 2.16. The van der Waals surface area contributed by atoms with Gasteiger partial charge in [-0.2, -0.15) is 0 Å². The van der Waals surface area contributed by atoms with Gasteiger partial charge in [0.05, 0.1) is 27.8 Å². The summed E-state index contributed by atoms with van der Waals surface area (Å²) < 4.78 is 20.8. The Kier molecular flexibility index (Phi) is 8.04. The third-order valence-electron chi connectivity index (χ3n) is 3.90. The number of anilines is 2. The van der Waals surface area contributed by atoms with E-state index in [4.69, 9.17) is 18.9 Å². The summed E-state index contributed by atoms with van der Waals surface area (Å²) in [6, 6.07) is 9.89. The summed E-state index contributed by atoms with van der Waals surface area (Å²) >= 11 is 0. The van der Waals surface area contributed by atoms with Gasteiger partial charge in [-0.15, -0.1) is 0 Å². The summed E-state index contributed by atoms with van der Waals surface area (Å²) in [5.41, 5.74) is 1.59. The van der Waals surface area contributed by atoms with Crippen molar-refractivity contribution in [2.24, 2.45) is 0 Å². The molecule has 0 fully saturated rings. The highest BCUT2D eigenvalue weighted by molar-refractivity contribution is 5.94. The smallest absolute Gasteiger partial charge is 0.310 e. The Bertz CT molecular complexity index is 902. The molecule has 0 unspecified atom stereocenters. The van der Waals surface area contributed by atoms with E-state index in [2.05, 4.69) is 10.6 Å². The van der Waals surface area contributed by atoms with E-state index in [1.807, 2.05) is 0 Å². The summed E-state index contributed by atoms with van der Waals surface area (Å²) in [5.74, 6) is -0.0790. The second-order valence-corrected chi connectivity index (χ2v) is 6.18. The maximum absolute atomic E-state index is 12.1. The minimum atomic E-state index is -0.591. The number of esters is 1. The van der Waals surface area contributed by atoms with E-state index in [0.29, 0.717) is 34.2 Å². The number of ether oxygens (including phenoxy) is 4. The second-order valence-electron chi connectivity index (χ2n) is 6.18. The molecule has 0 atom stereocenters. The van der Waals surface area contributed by atoms with Crippen molar-refractivity contribution >= 4 is 29.2 Å². The molecule has 0 aliphatic heterocycles. The molecular formula is C21H24N2O7. The lowest BCUT2D eigenvalue weighted by molar-refractivity contribution is -0.146. The molecule has 2 amide bonds. The molecule has 0 saturated heterocycles. The standard InChI is InChI=1S/C21H24N2O7/c1-13(24)22-15-6-5-7-16(11-15)23-19(25)12-30-20(26)10-14-8-17(27-2)21(29-4)18(9-14)28-3/h5-9,11H,10,12H2,1-4H3,(H,22,24)(H,23,25). The Morgan fingerprint density at radius 2 is 1.47 bits per heavy atom. The van der Waals surface area contributed by atoms with Crippen LogP contribution in [0.2, 0.25) is 0 Å². The number of rotatable bonds is 9. The number of amides is 2. The van der Waals surface area contributed by atoms with Gasteiger partial charge in [-0.25, -0.2) is 0 Å². The van der Waals surface area contributed by atoms with Gasteiger partial charge in [0.15, 0.2) is 18.1 Å². The molecule has 9 nitrogen and oxygen atoms in total. The van der Waals surface area contributed by atoms with Crippen molar-refractivity contribution < 1.29 is 33.3 Å². The Morgan fingerprint density at radius 1 is 0.867 bits per heavy atom. The molecule has 9 heteroatoms. The van der Waals surface area contributed by atoms with E-state index in [9.17, 15) is 14.4 Å². The number of hydrogen-bond acceptors (Lipinski definition) is 7. The van der Waals surface area contributed by atoms with Gasteiger partial charge in [-0.3, -0.25) is 14.4 Å². The van der Waals surface area contributed by atoms with Crippen LogP contribution in [0.4, 0.5) is 11.4 Å². The molecule has 0 heterocycles. The van der Waals surface area contributed by atoms with E-state index in [0.717, 1.165) is 0 Å². The maximum Gasteiger partial charge on any atom is 0.310 e. The molecule has 0 bridgehead atoms. The third kappa shape index (κ3) is 6.40. The first-order valence-electron chi connectivity index (χ1n) is 8.98. The minimum Gasteiger partial charge on any atom is -0.493 e. The summed E-state index contributed by atoms with van der Waals surface area (Å²) in [4.78, 5) is 35.3. The lowest BCUT2D eigenvalue weighted by atomic mass is 10.1. The SMILES string of the molecule is COc1cc(CC(=O)OCC(=O)Nc2cccc(NC(C)=O)c2)cc(OC)c1OC. The molecule has 30 heavy (non-hydrogen) atoms. The summed E-state index contributed by atoms with van der Waals surface area (Å²) in [5, 5.41) is 5.22. The first kappa shape index (κ1) is 22.5. The Labute approximate surface area is 174 Å². The van der Waals surface area contributed by atoms with Crippen LogP contribution >= 0.6 is 0 Å². The third-order valence-corrected chi connectivity index (χ3v) is 3.90. The molecule has 0 aliphatic carbocycles. The van der Waals surface area contributed by atoms with Gasteiger partial charge in [0.2, 0.25) is 11.7 Å². The van der Waals surface area contributed by atoms with Crippen molar-refractivity contribution in [1.29, 1.82) is 0 Å². The predicted molar refractivity (Wildman–Crippen MR) is 110 cm³/mol. The molecule has 2 N–H and O–H groups in total. The van der Waals surface area contributed by atoms with Crippen molar-refractivity contribution in [3.05, 3.63) is 42.0 Å². The van der Waals surface area contributed by atoms with Crippen LogP contribution in [0.3, 0.4) is 0 Å². The largest absolute Gasteiger partial charge is 0.493 e. The first-order valence-corrected chi connectivity index (χ1v) is 8.98. The van der Waals surface area contributed by atoms with E-state index in [-0.39, 0.29) is 12.3 Å². The van der Waals surface area contributed by atoms with E-state index in [1.165, 1.54) is 28.3 Å². The zero-order valence-corrected chi connectivity index (χ0v) is 17.2. The molecule has 0 saturated carbocycles. The zero-order valence-electron chi connectivity index (χ0n) is 17.2. The van der Waals surface area contributed by atoms with Crippen LogP contribution in [0.1, 0.15) is 12.5 Å². The van der Waals surface area contributed by atoms with Gasteiger partial charge >= 0.3 is 5.97 Å². The average molecular weight is 416 g/mol. The monoisotopic (exact) mass is 416 g/mol. The first-order chi connectivity index (χ1) is 14.4.